The van der Waals surface area contributed by atoms with Gasteiger partial charge in [-0.05, 0) is 25.1 Å². The molecular weight excluding hydrogens is 276 g/mol. The largest absolute Gasteiger partial charge is 0.493 e. The van der Waals surface area contributed by atoms with Gasteiger partial charge in [-0.2, -0.15) is 0 Å². The summed E-state index contributed by atoms with van der Waals surface area (Å²) in [7, 11) is 1.58. The highest BCUT2D eigenvalue weighted by atomic mass is 16.6. The second-order valence-corrected chi connectivity index (χ2v) is 4.15. The Balaban J connectivity index is 2.05. The van der Waals surface area contributed by atoms with E-state index in [1.54, 1.807) is 25.3 Å². The molecular formula is C14H16N2O5. The highest BCUT2D eigenvalue weighted by molar-refractivity contribution is 5.54. The molecule has 1 heterocycles. The van der Waals surface area contributed by atoms with Crippen LogP contribution >= 0.6 is 0 Å². The molecule has 0 saturated heterocycles. The lowest BCUT2D eigenvalue weighted by Gasteiger charge is -2.11. The van der Waals surface area contributed by atoms with Crippen LogP contribution < -0.4 is 14.8 Å². The number of rotatable bonds is 7. The van der Waals surface area contributed by atoms with E-state index in [1.807, 2.05) is 13.0 Å². The molecule has 7 nitrogen and oxygen atoms in total. The fourth-order valence-corrected chi connectivity index (χ4v) is 1.80. The van der Waals surface area contributed by atoms with Gasteiger partial charge in [0.05, 0.1) is 26.3 Å². The standard InChI is InChI=1S/C14H16N2O5/c1-3-20-13-8-10(4-6-12(13)19-2)15-9-11-5-7-14(21-11)16(17)18/h4-8,15H,3,9H2,1-2H3. The molecule has 0 aliphatic rings. The predicted molar refractivity (Wildman–Crippen MR) is 76.9 cm³/mol. The van der Waals surface area contributed by atoms with E-state index in [0.717, 1.165) is 5.69 Å². The van der Waals surface area contributed by atoms with Crippen LogP contribution in [-0.4, -0.2) is 18.6 Å². The number of nitrogens with one attached hydrogen (secondary N) is 1. The van der Waals surface area contributed by atoms with Gasteiger partial charge in [-0.1, -0.05) is 0 Å². The second-order valence-electron chi connectivity index (χ2n) is 4.15. The summed E-state index contributed by atoms with van der Waals surface area (Å²) < 4.78 is 15.7. The molecule has 21 heavy (non-hydrogen) atoms. The lowest BCUT2D eigenvalue weighted by atomic mass is 10.2. The number of ether oxygens (including phenoxy) is 2. The van der Waals surface area contributed by atoms with Gasteiger partial charge in [0, 0.05) is 11.8 Å². The molecule has 0 unspecified atom stereocenters. The first-order chi connectivity index (χ1) is 10.1. The minimum atomic E-state index is -0.565. The highest BCUT2D eigenvalue weighted by Gasteiger charge is 2.12. The Bertz CT molecular complexity index is 624. The average Bonchev–Trinajstić information content (AvgIpc) is 2.95. The van der Waals surface area contributed by atoms with Crippen LogP contribution in [0.25, 0.3) is 0 Å². The summed E-state index contributed by atoms with van der Waals surface area (Å²) in [5.74, 6) is 1.50. The highest BCUT2D eigenvalue weighted by Crippen LogP contribution is 2.30. The van der Waals surface area contributed by atoms with Gasteiger partial charge < -0.3 is 19.2 Å². The van der Waals surface area contributed by atoms with E-state index in [0.29, 0.717) is 30.4 Å². The molecule has 0 atom stereocenters. The molecule has 0 radical (unpaired) electrons. The summed E-state index contributed by atoms with van der Waals surface area (Å²) in [5.41, 5.74) is 0.804. The first-order valence-electron chi connectivity index (χ1n) is 6.42. The van der Waals surface area contributed by atoms with Crippen molar-refractivity contribution in [2.75, 3.05) is 19.0 Å². The van der Waals surface area contributed by atoms with Crippen LogP contribution in [0.1, 0.15) is 12.7 Å². The van der Waals surface area contributed by atoms with E-state index in [9.17, 15) is 10.1 Å². The smallest absolute Gasteiger partial charge is 0.433 e. The van der Waals surface area contributed by atoms with E-state index < -0.39 is 4.92 Å². The van der Waals surface area contributed by atoms with Crippen LogP contribution in [0.2, 0.25) is 0 Å². The third kappa shape index (κ3) is 3.65. The third-order valence-corrected chi connectivity index (χ3v) is 2.76. The number of furan rings is 1. The van der Waals surface area contributed by atoms with Crippen molar-refractivity contribution in [3.8, 4) is 11.5 Å². The van der Waals surface area contributed by atoms with E-state index >= 15 is 0 Å². The summed E-state index contributed by atoms with van der Waals surface area (Å²) in [6, 6.07) is 8.32. The van der Waals surface area contributed by atoms with Gasteiger partial charge in [-0.15, -0.1) is 0 Å². The molecule has 0 aliphatic carbocycles. The molecule has 1 N–H and O–H groups in total. The molecule has 0 bridgehead atoms. The van der Waals surface area contributed by atoms with Gasteiger partial charge >= 0.3 is 5.88 Å². The van der Waals surface area contributed by atoms with E-state index in [1.165, 1.54) is 6.07 Å². The first kappa shape index (κ1) is 14.7. The Morgan fingerprint density at radius 1 is 1.29 bits per heavy atom. The predicted octanol–water partition coefficient (Wildman–Crippen LogP) is 3.21. The fourth-order valence-electron chi connectivity index (χ4n) is 1.80. The van der Waals surface area contributed by atoms with Crippen LogP contribution in [0, 0.1) is 10.1 Å². The summed E-state index contributed by atoms with van der Waals surface area (Å²) in [6.45, 7) is 2.76. The van der Waals surface area contributed by atoms with Crippen LogP contribution in [-0.2, 0) is 6.54 Å². The van der Waals surface area contributed by atoms with Crippen molar-refractivity contribution in [3.05, 3.63) is 46.2 Å². The minimum Gasteiger partial charge on any atom is -0.493 e. The molecule has 0 aliphatic heterocycles. The fraction of sp³-hybridized carbons (Fsp3) is 0.286. The number of methoxy groups -OCH3 is 1. The maximum Gasteiger partial charge on any atom is 0.433 e. The summed E-state index contributed by atoms with van der Waals surface area (Å²) in [6.07, 6.45) is 0. The molecule has 0 spiro atoms. The monoisotopic (exact) mass is 292 g/mol. The van der Waals surface area contributed by atoms with Crippen molar-refractivity contribution < 1.29 is 18.8 Å². The topological polar surface area (TPSA) is 86.8 Å². The zero-order valence-corrected chi connectivity index (χ0v) is 11.8. The normalized spacial score (nSPS) is 10.2. The molecule has 2 aromatic rings. The number of nitrogens with zero attached hydrogens (tertiary/aromatic N) is 1. The second kappa shape index (κ2) is 6.65. The quantitative estimate of drug-likeness (QED) is 0.623. The molecule has 1 aromatic carbocycles. The lowest BCUT2D eigenvalue weighted by molar-refractivity contribution is -0.402. The van der Waals surface area contributed by atoms with E-state index in [4.69, 9.17) is 13.9 Å². The van der Waals surface area contributed by atoms with Gasteiger partial charge in [-0.25, -0.2) is 0 Å². The van der Waals surface area contributed by atoms with Gasteiger partial charge in [0.25, 0.3) is 0 Å². The SMILES string of the molecule is CCOc1cc(NCc2ccc([N+](=O)[O-])o2)ccc1OC. The summed E-state index contributed by atoms with van der Waals surface area (Å²) >= 11 is 0. The number of hydrogen-bond acceptors (Lipinski definition) is 6. The van der Waals surface area contributed by atoms with Crippen molar-refractivity contribution in [2.24, 2.45) is 0 Å². The van der Waals surface area contributed by atoms with E-state index in [2.05, 4.69) is 5.32 Å². The Hall–Kier alpha value is -2.70. The van der Waals surface area contributed by atoms with Crippen molar-refractivity contribution in [2.45, 2.75) is 13.5 Å². The zero-order valence-electron chi connectivity index (χ0n) is 11.8. The van der Waals surface area contributed by atoms with Crippen LogP contribution in [0.3, 0.4) is 0 Å². The van der Waals surface area contributed by atoms with Crippen LogP contribution in [0.5, 0.6) is 11.5 Å². The Morgan fingerprint density at radius 2 is 2.10 bits per heavy atom. The summed E-state index contributed by atoms with van der Waals surface area (Å²) in [5, 5.41) is 13.6. The number of anilines is 1. The van der Waals surface area contributed by atoms with Gasteiger partial charge in [-0.3, -0.25) is 10.1 Å². The van der Waals surface area contributed by atoms with Gasteiger partial charge in [0.2, 0.25) is 0 Å². The van der Waals surface area contributed by atoms with Crippen molar-refractivity contribution in [3.63, 3.8) is 0 Å². The Morgan fingerprint density at radius 3 is 2.71 bits per heavy atom. The van der Waals surface area contributed by atoms with Crippen LogP contribution in [0.4, 0.5) is 11.6 Å². The van der Waals surface area contributed by atoms with Gasteiger partial charge in [0.1, 0.15) is 10.7 Å². The molecule has 0 saturated carbocycles. The summed E-state index contributed by atoms with van der Waals surface area (Å²) in [4.78, 5) is 9.97. The van der Waals surface area contributed by atoms with Crippen molar-refractivity contribution >= 4 is 11.6 Å². The number of hydrogen-bond donors (Lipinski definition) is 1. The van der Waals surface area contributed by atoms with Gasteiger partial charge in [0.15, 0.2) is 11.5 Å². The van der Waals surface area contributed by atoms with E-state index in [-0.39, 0.29) is 5.88 Å². The minimum absolute atomic E-state index is 0.267. The molecule has 0 fully saturated rings. The zero-order chi connectivity index (χ0) is 15.2. The third-order valence-electron chi connectivity index (χ3n) is 2.76. The van der Waals surface area contributed by atoms with Crippen LogP contribution in [0.15, 0.2) is 34.7 Å². The molecule has 0 amide bonds. The Kier molecular flexibility index (Phi) is 4.65. The Labute approximate surface area is 121 Å². The first-order valence-corrected chi connectivity index (χ1v) is 6.42. The molecule has 2 rings (SSSR count). The maximum atomic E-state index is 10.5. The van der Waals surface area contributed by atoms with Crippen molar-refractivity contribution in [1.82, 2.24) is 0 Å². The van der Waals surface area contributed by atoms with Crippen molar-refractivity contribution in [1.29, 1.82) is 0 Å². The average molecular weight is 292 g/mol. The molecule has 1 aromatic heterocycles. The number of nitro groups is 1. The molecule has 7 heteroatoms. The lowest BCUT2D eigenvalue weighted by Crippen LogP contribution is -2.00. The maximum absolute atomic E-state index is 10.5. The molecule has 112 valence electrons. The number of benzene rings is 1.